The number of hydrogen-bond acceptors (Lipinski definition) is 5. The molecule has 4 rings (SSSR count). The van der Waals surface area contributed by atoms with Crippen LogP contribution in [0.1, 0.15) is 39.9 Å². The van der Waals surface area contributed by atoms with Gasteiger partial charge in [-0.15, -0.1) is 11.3 Å². The monoisotopic (exact) mass is 384 g/mol. The second-order valence-electron chi connectivity index (χ2n) is 6.80. The molecule has 7 heteroatoms. The Balaban J connectivity index is 1.49. The van der Waals surface area contributed by atoms with Gasteiger partial charge in [-0.25, -0.2) is 4.79 Å². The Labute approximate surface area is 161 Å². The van der Waals surface area contributed by atoms with Crippen LogP contribution in [0.5, 0.6) is 0 Å². The highest BCUT2D eigenvalue weighted by atomic mass is 32.1. The van der Waals surface area contributed by atoms with E-state index in [0.717, 1.165) is 25.7 Å². The first-order valence-corrected chi connectivity index (χ1v) is 9.87. The standard InChI is InChI=1S/C20H20N2O4S/c1-12(26-20(25)17-10-13-6-2-5-9-16(13)27-17)19(24)22-11-18(23)21-14-7-3-4-8-15(14)22/h3-4,7-8,10,12H,2,5-6,9,11H2,1H3,(H,21,23)/t12-/m0/s1. The van der Waals surface area contributed by atoms with E-state index in [9.17, 15) is 14.4 Å². The molecule has 0 saturated carbocycles. The maximum absolute atomic E-state index is 12.8. The summed E-state index contributed by atoms with van der Waals surface area (Å²) in [5, 5.41) is 2.74. The van der Waals surface area contributed by atoms with E-state index in [0.29, 0.717) is 16.3 Å². The number of hydrogen-bond donors (Lipinski definition) is 1. The van der Waals surface area contributed by atoms with Gasteiger partial charge in [0, 0.05) is 4.88 Å². The van der Waals surface area contributed by atoms with Crippen LogP contribution in [0.25, 0.3) is 0 Å². The summed E-state index contributed by atoms with van der Waals surface area (Å²) in [5.41, 5.74) is 2.40. The van der Waals surface area contributed by atoms with Crippen molar-refractivity contribution in [1.82, 2.24) is 0 Å². The maximum Gasteiger partial charge on any atom is 0.349 e. The summed E-state index contributed by atoms with van der Waals surface area (Å²) in [6, 6.07) is 8.97. The van der Waals surface area contributed by atoms with Crippen LogP contribution in [0.3, 0.4) is 0 Å². The molecule has 140 valence electrons. The second kappa shape index (κ2) is 7.15. The lowest BCUT2D eigenvalue weighted by Gasteiger charge is -2.30. The van der Waals surface area contributed by atoms with E-state index >= 15 is 0 Å². The number of carbonyl (C=O) groups is 3. The largest absolute Gasteiger partial charge is 0.448 e. The number of carbonyl (C=O) groups excluding carboxylic acids is 3. The van der Waals surface area contributed by atoms with Crippen LogP contribution in [-0.4, -0.2) is 30.4 Å². The minimum Gasteiger partial charge on any atom is -0.448 e. The molecule has 2 amide bonds. The van der Waals surface area contributed by atoms with E-state index in [4.69, 9.17) is 4.74 Å². The van der Waals surface area contributed by atoms with Crippen LogP contribution in [0.2, 0.25) is 0 Å². The van der Waals surface area contributed by atoms with Crippen molar-refractivity contribution >= 4 is 40.5 Å². The van der Waals surface area contributed by atoms with Gasteiger partial charge in [0.15, 0.2) is 6.10 Å². The van der Waals surface area contributed by atoms with Crippen molar-refractivity contribution in [3.05, 3.63) is 45.6 Å². The molecule has 1 aliphatic heterocycles. The van der Waals surface area contributed by atoms with Crippen LogP contribution in [0.15, 0.2) is 30.3 Å². The van der Waals surface area contributed by atoms with Crippen LogP contribution < -0.4 is 10.2 Å². The number of nitrogens with zero attached hydrogens (tertiary/aromatic N) is 1. The van der Waals surface area contributed by atoms with Gasteiger partial charge in [-0.1, -0.05) is 12.1 Å². The van der Waals surface area contributed by atoms with Crippen molar-refractivity contribution in [3.63, 3.8) is 0 Å². The highest BCUT2D eigenvalue weighted by Crippen LogP contribution is 2.31. The molecule has 1 atom stereocenters. The van der Waals surface area contributed by atoms with E-state index in [1.165, 1.54) is 26.7 Å². The third-order valence-electron chi connectivity index (χ3n) is 4.87. The molecule has 1 aromatic carbocycles. The number of rotatable bonds is 3. The quantitative estimate of drug-likeness (QED) is 0.825. The van der Waals surface area contributed by atoms with Crippen molar-refractivity contribution in [2.24, 2.45) is 0 Å². The number of aryl methyl sites for hydroxylation is 2. The first-order valence-electron chi connectivity index (χ1n) is 9.06. The maximum atomic E-state index is 12.8. The predicted octanol–water partition coefficient (Wildman–Crippen LogP) is 3.16. The fourth-order valence-corrected chi connectivity index (χ4v) is 4.65. The van der Waals surface area contributed by atoms with Gasteiger partial charge in [-0.3, -0.25) is 14.5 Å². The Hall–Kier alpha value is -2.67. The number of anilines is 2. The number of amides is 2. The SMILES string of the molecule is C[C@H](OC(=O)c1cc2c(s1)CCCC2)C(=O)N1CC(=O)Nc2ccccc21. The number of para-hydroxylation sites is 2. The molecule has 0 bridgehead atoms. The van der Waals surface area contributed by atoms with Gasteiger partial charge in [0.25, 0.3) is 5.91 Å². The Morgan fingerprint density at radius 1 is 1.22 bits per heavy atom. The smallest absolute Gasteiger partial charge is 0.349 e. The molecule has 0 unspecified atom stereocenters. The van der Waals surface area contributed by atoms with E-state index in [1.54, 1.807) is 31.2 Å². The minimum atomic E-state index is -0.976. The molecule has 2 heterocycles. The predicted molar refractivity (Wildman–Crippen MR) is 103 cm³/mol. The Morgan fingerprint density at radius 2 is 2.00 bits per heavy atom. The summed E-state index contributed by atoms with van der Waals surface area (Å²) in [6.07, 6.45) is 3.31. The normalized spacial score (nSPS) is 16.8. The Morgan fingerprint density at radius 3 is 2.81 bits per heavy atom. The Kier molecular flexibility index (Phi) is 4.70. The third-order valence-corrected chi connectivity index (χ3v) is 6.08. The summed E-state index contributed by atoms with van der Waals surface area (Å²) in [7, 11) is 0. The molecule has 6 nitrogen and oxygen atoms in total. The first-order chi connectivity index (χ1) is 13.0. The highest BCUT2D eigenvalue weighted by Gasteiger charge is 2.32. The summed E-state index contributed by atoms with van der Waals surface area (Å²) < 4.78 is 5.43. The third kappa shape index (κ3) is 3.47. The lowest BCUT2D eigenvalue weighted by atomic mass is 9.99. The molecule has 0 saturated heterocycles. The molecule has 1 aliphatic carbocycles. The number of fused-ring (bicyclic) bond motifs is 2. The number of thiophene rings is 1. The molecule has 0 radical (unpaired) electrons. The van der Waals surface area contributed by atoms with Crippen LogP contribution in [0.4, 0.5) is 11.4 Å². The van der Waals surface area contributed by atoms with Crippen molar-refractivity contribution < 1.29 is 19.1 Å². The van der Waals surface area contributed by atoms with Crippen molar-refractivity contribution in [2.75, 3.05) is 16.8 Å². The number of nitrogens with one attached hydrogen (secondary N) is 1. The van der Waals surface area contributed by atoms with Crippen molar-refractivity contribution in [1.29, 1.82) is 0 Å². The molecule has 27 heavy (non-hydrogen) atoms. The molecule has 0 spiro atoms. The average Bonchev–Trinajstić information content (AvgIpc) is 3.11. The van der Waals surface area contributed by atoms with Crippen molar-refractivity contribution in [3.8, 4) is 0 Å². The van der Waals surface area contributed by atoms with Crippen LogP contribution in [0, 0.1) is 0 Å². The van der Waals surface area contributed by atoms with E-state index in [2.05, 4.69) is 5.32 Å². The lowest BCUT2D eigenvalue weighted by Crippen LogP contribution is -2.47. The lowest BCUT2D eigenvalue weighted by molar-refractivity contribution is -0.128. The Bertz CT molecular complexity index is 897. The molecule has 1 aromatic heterocycles. The molecular weight excluding hydrogens is 364 g/mol. The summed E-state index contributed by atoms with van der Waals surface area (Å²) >= 11 is 1.46. The second-order valence-corrected chi connectivity index (χ2v) is 7.94. The highest BCUT2D eigenvalue weighted by molar-refractivity contribution is 7.14. The molecule has 0 fully saturated rings. The molecular formula is C20H20N2O4S. The topological polar surface area (TPSA) is 75.7 Å². The van der Waals surface area contributed by atoms with Gasteiger partial charge in [0.05, 0.1) is 11.4 Å². The van der Waals surface area contributed by atoms with Gasteiger partial charge >= 0.3 is 5.97 Å². The van der Waals surface area contributed by atoms with Crippen LogP contribution in [-0.2, 0) is 27.2 Å². The first kappa shape index (κ1) is 17.7. The van der Waals surface area contributed by atoms with Gasteiger partial charge in [-0.05, 0) is 56.4 Å². The summed E-state index contributed by atoms with van der Waals surface area (Å²) in [5.74, 6) is -1.16. The minimum absolute atomic E-state index is 0.0922. The summed E-state index contributed by atoms with van der Waals surface area (Å²) in [6.45, 7) is 1.45. The van der Waals surface area contributed by atoms with Gasteiger partial charge in [-0.2, -0.15) is 0 Å². The number of benzene rings is 1. The molecule has 1 N–H and O–H groups in total. The average molecular weight is 384 g/mol. The zero-order chi connectivity index (χ0) is 19.0. The van der Waals surface area contributed by atoms with Crippen molar-refractivity contribution in [2.45, 2.75) is 38.7 Å². The fourth-order valence-electron chi connectivity index (χ4n) is 3.51. The van der Waals surface area contributed by atoms with Gasteiger partial charge in [0.2, 0.25) is 5.91 Å². The number of esters is 1. The fraction of sp³-hybridized carbons (Fsp3) is 0.350. The zero-order valence-corrected chi connectivity index (χ0v) is 15.8. The molecule has 2 aliphatic rings. The zero-order valence-electron chi connectivity index (χ0n) is 15.0. The molecule has 2 aromatic rings. The van der Waals surface area contributed by atoms with E-state index < -0.39 is 18.0 Å². The van der Waals surface area contributed by atoms with Crippen LogP contribution >= 0.6 is 11.3 Å². The van der Waals surface area contributed by atoms with Gasteiger partial charge < -0.3 is 10.1 Å². The van der Waals surface area contributed by atoms with Gasteiger partial charge in [0.1, 0.15) is 11.4 Å². The van der Waals surface area contributed by atoms with E-state index in [1.807, 2.05) is 6.07 Å². The number of ether oxygens (including phenoxy) is 1. The van der Waals surface area contributed by atoms with E-state index in [-0.39, 0.29) is 12.5 Å². The summed E-state index contributed by atoms with van der Waals surface area (Å²) in [4.78, 5) is 40.4.